The Morgan fingerprint density at radius 3 is 1.17 bits per heavy atom. The van der Waals surface area contributed by atoms with Gasteiger partial charge >= 0.3 is 0 Å². The fourth-order valence-electron chi connectivity index (χ4n) is 5.70. The van der Waals surface area contributed by atoms with Crippen molar-refractivity contribution < 1.29 is 0 Å². The Bertz CT molecular complexity index is 446. The minimum atomic E-state index is 0.621. The van der Waals surface area contributed by atoms with Crippen molar-refractivity contribution in [2.24, 2.45) is 0 Å². The van der Waals surface area contributed by atoms with E-state index in [1.807, 2.05) is 0 Å². The average molecular weight is 491 g/mol. The lowest BCUT2D eigenvalue weighted by Crippen LogP contribution is -2.37. The Balaban J connectivity index is 1.90. The Morgan fingerprint density at radius 2 is 0.771 bits per heavy atom. The molecule has 1 atom stereocenters. The van der Waals surface area contributed by atoms with Crippen molar-refractivity contribution in [3.8, 4) is 0 Å². The second-order valence-electron chi connectivity index (χ2n) is 11.6. The van der Waals surface area contributed by atoms with E-state index in [1.165, 1.54) is 173 Å². The number of hydrogen-bond acceptors (Lipinski definition) is 2. The molecule has 0 aromatic heterocycles. The predicted octanol–water partition coefficient (Wildman–Crippen LogP) is 11.2. The van der Waals surface area contributed by atoms with E-state index in [9.17, 15) is 0 Å². The molecule has 0 bridgehead atoms. The van der Waals surface area contributed by atoms with Crippen LogP contribution < -0.4 is 0 Å². The monoisotopic (exact) mass is 491 g/mol. The summed E-state index contributed by atoms with van der Waals surface area (Å²) >= 11 is 0. The molecule has 1 aliphatic heterocycles. The van der Waals surface area contributed by atoms with Crippen LogP contribution in [-0.2, 0) is 0 Å². The quantitative estimate of drug-likeness (QED) is 0.106. The number of nitrogens with zero attached hydrogens (tertiary/aromatic N) is 2. The molecule has 0 N–H and O–H groups in total. The van der Waals surface area contributed by atoms with E-state index in [4.69, 9.17) is 0 Å². The van der Waals surface area contributed by atoms with Crippen LogP contribution in [0.15, 0.2) is 12.4 Å². The summed E-state index contributed by atoms with van der Waals surface area (Å²) in [5, 5.41) is 0. The van der Waals surface area contributed by atoms with Gasteiger partial charge in [0.1, 0.15) is 6.17 Å². The molecule has 0 aromatic rings. The van der Waals surface area contributed by atoms with Crippen molar-refractivity contribution in [1.29, 1.82) is 0 Å². The lowest BCUT2D eigenvalue weighted by atomic mass is 10.0. The van der Waals surface area contributed by atoms with Gasteiger partial charge < -0.3 is 9.80 Å². The Kier molecular flexibility index (Phi) is 23.1. The van der Waals surface area contributed by atoms with Gasteiger partial charge in [0.15, 0.2) is 0 Å². The molecule has 1 heterocycles. The first-order valence-electron chi connectivity index (χ1n) is 16.5. The first kappa shape index (κ1) is 32.4. The molecule has 0 spiro atoms. The van der Waals surface area contributed by atoms with Crippen LogP contribution in [-0.4, -0.2) is 29.6 Å². The fraction of sp³-hybridized carbons (Fsp3) is 0.939. The molecule has 0 saturated heterocycles. The van der Waals surface area contributed by atoms with Gasteiger partial charge in [-0.1, -0.05) is 162 Å². The molecule has 1 aliphatic rings. The third kappa shape index (κ3) is 19.2. The molecular formula is C33H66N2. The molecule has 1 unspecified atom stereocenters. The van der Waals surface area contributed by atoms with Crippen LogP contribution in [0, 0.1) is 0 Å². The number of hydrogen-bond donors (Lipinski definition) is 0. The highest BCUT2D eigenvalue weighted by molar-refractivity contribution is 4.95. The third-order valence-corrected chi connectivity index (χ3v) is 8.18. The van der Waals surface area contributed by atoms with Crippen molar-refractivity contribution in [3.63, 3.8) is 0 Å². The molecule has 0 aliphatic carbocycles. The summed E-state index contributed by atoms with van der Waals surface area (Å²) in [6.07, 6.45) is 42.6. The SMILES string of the molecule is CCCCCCCCCCCCCCCCC1N(C)C=CN1CCCCCCCCCCCCC. The predicted molar refractivity (Wildman–Crippen MR) is 159 cm³/mol. The van der Waals surface area contributed by atoms with E-state index in [0.717, 1.165) is 0 Å². The van der Waals surface area contributed by atoms with Crippen molar-refractivity contribution in [1.82, 2.24) is 9.80 Å². The molecule has 0 radical (unpaired) electrons. The Labute approximate surface area is 222 Å². The van der Waals surface area contributed by atoms with Gasteiger partial charge in [-0.25, -0.2) is 0 Å². The van der Waals surface area contributed by atoms with Crippen LogP contribution in [0.1, 0.15) is 181 Å². The standard InChI is InChI=1S/C33H66N2/c1-4-6-8-10-12-14-16-17-18-19-21-23-25-27-29-33-34(3)31-32-35(33)30-28-26-24-22-20-15-13-11-9-7-5-2/h31-33H,4-30H2,1-3H3. The summed E-state index contributed by atoms with van der Waals surface area (Å²) in [5.41, 5.74) is 0. The smallest absolute Gasteiger partial charge is 0.100 e. The van der Waals surface area contributed by atoms with Gasteiger partial charge in [0.2, 0.25) is 0 Å². The van der Waals surface area contributed by atoms with Gasteiger partial charge in [-0.05, 0) is 19.3 Å². The summed E-state index contributed by atoms with van der Waals surface area (Å²) in [7, 11) is 2.27. The maximum absolute atomic E-state index is 2.62. The topological polar surface area (TPSA) is 6.48 Å². The second kappa shape index (κ2) is 25.0. The first-order valence-corrected chi connectivity index (χ1v) is 16.5. The van der Waals surface area contributed by atoms with Gasteiger partial charge in [0.25, 0.3) is 0 Å². The number of rotatable bonds is 27. The van der Waals surface area contributed by atoms with E-state index in [1.54, 1.807) is 0 Å². The molecule has 0 amide bonds. The molecule has 0 saturated carbocycles. The zero-order valence-corrected chi connectivity index (χ0v) is 24.7. The minimum absolute atomic E-state index is 0.621. The number of unbranched alkanes of at least 4 members (excludes halogenated alkanes) is 23. The summed E-state index contributed by atoms with van der Waals surface area (Å²) in [4.78, 5) is 5.07. The summed E-state index contributed by atoms with van der Waals surface area (Å²) in [6, 6.07) is 0. The van der Waals surface area contributed by atoms with Crippen LogP contribution in [0.4, 0.5) is 0 Å². The minimum Gasteiger partial charge on any atom is -0.359 e. The average Bonchev–Trinajstić information content (AvgIpc) is 3.21. The second-order valence-corrected chi connectivity index (χ2v) is 11.6. The highest BCUT2D eigenvalue weighted by Crippen LogP contribution is 2.22. The van der Waals surface area contributed by atoms with Crippen LogP contribution in [0.5, 0.6) is 0 Å². The maximum atomic E-state index is 2.62. The van der Waals surface area contributed by atoms with Crippen molar-refractivity contribution in [2.75, 3.05) is 13.6 Å². The highest BCUT2D eigenvalue weighted by atomic mass is 15.4. The van der Waals surface area contributed by atoms with Crippen molar-refractivity contribution >= 4 is 0 Å². The molecule has 1 rings (SSSR count). The third-order valence-electron chi connectivity index (χ3n) is 8.18. The van der Waals surface area contributed by atoms with Gasteiger partial charge in [-0.2, -0.15) is 0 Å². The van der Waals surface area contributed by atoms with Crippen LogP contribution >= 0.6 is 0 Å². The van der Waals surface area contributed by atoms with Gasteiger partial charge in [0.05, 0.1) is 0 Å². The van der Waals surface area contributed by atoms with E-state index in [-0.39, 0.29) is 0 Å². The van der Waals surface area contributed by atoms with E-state index >= 15 is 0 Å². The Hall–Kier alpha value is -0.660. The van der Waals surface area contributed by atoms with Crippen molar-refractivity contribution in [3.05, 3.63) is 12.4 Å². The zero-order chi connectivity index (χ0) is 25.2. The largest absolute Gasteiger partial charge is 0.359 e. The van der Waals surface area contributed by atoms with Gasteiger partial charge in [-0.15, -0.1) is 0 Å². The Morgan fingerprint density at radius 1 is 0.429 bits per heavy atom. The maximum Gasteiger partial charge on any atom is 0.100 e. The van der Waals surface area contributed by atoms with Crippen LogP contribution in [0.3, 0.4) is 0 Å². The molecule has 208 valence electrons. The lowest BCUT2D eigenvalue weighted by molar-refractivity contribution is 0.159. The van der Waals surface area contributed by atoms with Gasteiger partial charge in [0, 0.05) is 26.0 Å². The normalized spacial score (nSPS) is 15.6. The molecule has 2 heteroatoms. The van der Waals surface area contributed by atoms with Crippen LogP contribution in [0.2, 0.25) is 0 Å². The molecule has 0 fully saturated rings. The van der Waals surface area contributed by atoms with E-state index in [2.05, 4.69) is 43.1 Å². The first-order chi connectivity index (χ1) is 17.3. The molecular weight excluding hydrogens is 424 g/mol. The molecule has 0 aromatic carbocycles. The van der Waals surface area contributed by atoms with Crippen LogP contribution in [0.25, 0.3) is 0 Å². The summed E-state index contributed by atoms with van der Waals surface area (Å²) in [6.45, 7) is 5.86. The lowest BCUT2D eigenvalue weighted by Gasteiger charge is -2.30. The molecule has 2 nitrogen and oxygen atoms in total. The summed E-state index contributed by atoms with van der Waals surface area (Å²) in [5.74, 6) is 0. The zero-order valence-electron chi connectivity index (χ0n) is 24.7. The highest BCUT2D eigenvalue weighted by Gasteiger charge is 2.22. The van der Waals surface area contributed by atoms with E-state index in [0.29, 0.717) is 6.17 Å². The van der Waals surface area contributed by atoms with Crippen molar-refractivity contribution in [2.45, 2.75) is 187 Å². The van der Waals surface area contributed by atoms with Gasteiger partial charge in [-0.3, -0.25) is 0 Å². The molecule has 35 heavy (non-hydrogen) atoms. The summed E-state index contributed by atoms with van der Waals surface area (Å²) < 4.78 is 0. The van der Waals surface area contributed by atoms with E-state index < -0.39 is 0 Å². The fourth-order valence-corrected chi connectivity index (χ4v) is 5.70.